The summed E-state index contributed by atoms with van der Waals surface area (Å²) in [6.45, 7) is 0. The van der Waals surface area contributed by atoms with Crippen LogP contribution in [-0.4, -0.2) is 19.3 Å². The van der Waals surface area contributed by atoms with E-state index in [1.54, 1.807) is 13.2 Å². The molecule has 0 heterocycles. The van der Waals surface area contributed by atoms with Gasteiger partial charge in [-0.1, -0.05) is 0 Å². The third-order valence-electron chi connectivity index (χ3n) is 2.89. The summed E-state index contributed by atoms with van der Waals surface area (Å²) in [6, 6.07) is 6.69. The fraction of sp³-hybridized carbons (Fsp3) is 0.417. The lowest BCUT2D eigenvalue weighted by atomic mass is 9.89. The summed E-state index contributed by atoms with van der Waals surface area (Å²) in [5.74, 6) is -0.476. The van der Waals surface area contributed by atoms with E-state index < -0.39 is 5.82 Å². The first-order valence-corrected chi connectivity index (χ1v) is 5.22. The molecule has 0 aromatic heterocycles. The zero-order valence-electron chi connectivity index (χ0n) is 9.03. The number of methoxy groups -OCH3 is 1. The molecule has 1 saturated carbocycles. The molecule has 0 spiro atoms. The van der Waals surface area contributed by atoms with Crippen LogP contribution in [0.3, 0.4) is 0 Å². The van der Waals surface area contributed by atoms with Crippen molar-refractivity contribution in [3.05, 3.63) is 29.6 Å². The minimum absolute atomic E-state index is 0.0765. The fourth-order valence-corrected chi connectivity index (χ4v) is 1.81. The molecule has 16 heavy (non-hydrogen) atoms. The number of halogens is 1. The van der Waals surface area contributed by atoms with Gasteiger partial charge in [-0.05, 0) is 31.0 Å². The highest BCUT2D eigenvalue weighted by Crippen LogP contribution is 2.26. The van der Waals surface area contributed by atoms with E-state index in [1.807, 2.05) is 6.07 Å². The monoisotopic (exact) mass is 220 g/mol. The maximum Gasteiger partial charge on any atom is 0.141 e. The highest BCUT2D eigenvalue weighted by atomic mass is 19.1. The summed E-state index contributed by atoms with van der Waals surface area (Å²) in [6.07, 6.45) is 2.24. The first-order chi connectivity index (χ1) is 7.72. The fourth-order valence-electron chi connectivity index (χ4n) is 1.81. The lowest BCUT2D eigenvalue weighted by Gasteiger charge is -2.35. The minimum atomic E-state index is -0.476. The van der Waals surface area contributed by atoms with E-state index in [4.69, 9.17) is 10.00 Å². The number of nitrogens with zero attached hydrogens (tertiary/aromatic N) is 1. The molecule has 1 N–H and O–H groups in total. The van der Waals surface area contributed by atoms with Gasteiger partial charge >= 0.3 is 0 Å². The third-order valence-corrected chi connectivity index (χ3v) is 2.89. The predicted molar refractivity (Wildman–Crippen MR) is 58.6 cm³/mol. The van der Waals surface area contributed by atoms with Crippen LogP contribution in [0.15, 0.2) is 18.2 Å². The van der Waals surface area contributed by atoms with Crippen LogP contribution in [0, 0.1) is 17.1 Å². The number of nitrogens with one attached hydrogen (secondary N) is 1. The molecular formula is C12H13FN2O. The second kappa shape index (κ2) is 4.50. The number of ether oxygens (including phenoxy) is 1. The van der Waals surface area contributed by atoms with Crippen molar-refractivity contribution in [3.8, 4) is 6.07 Å². The highest BCUT2D eigenvalue weighted by Gasteiger charge is 2.28. The van der Waals surface area contributed by atoms with Crippen LogP contribution in [0.4, 0.5) is 10.1 Å². The topological polar surface area (TPSA) is 45.0 Å². The van der Waals surface area contributed by atoms with Crippen LogP contribution in [-0.2, 0) is 4.74 Å². The molecular weight excluding hydrogens is 207 g/mol. The van der Waals surface area contributed by atoms with Crippen molar-refractivity contribution in [3.63, 3.8) is 0 Å². The Hall–Kier alpha value is -1.60. The van der Waals surface area contributed by atoms with Crippen molar-refractivity contribution in [2.75, 3.05) is 12.4 Å². The second-order valence-electron chi connectivity index (χ2n) is 3.98. The Morgan fingerprint density at radius 3 is 2.88 bits per heavy atom. The van der Waals surface area contributed by atoms with Crippen LogP contribution < -0.4 is 5.32 Å². The van der Waals surface area contributed by atoms with Crippen LogP contribution >= 0.6 is 0 Å². The van der Waals surface area contributed by atoms with Crippen LogP contribution in [0.25, 0.3) is 0 Å². The zero-order valence-corrected chi connectivity index (χ0v) is 9.03. The van der Waals surface area contributed by atoms with E-state index in [2.05, 4.69) is 5.32 Å². The van der Waals surface area contributed by atoms with E-state index >= 15 is 0 Å². The number of anilines is 1. The molecule has 0 radical (unpaired) electrons. The van der Waals surface area contributed by atoms with E-state index in [1.165, 1.54) is 12.1 Å². The van der Waals surface area contributed by atoms with E-state index in [9.17, 15) is 4.39 Å². The van der Waals surface area contributed by atoms with Gasteiger partial charge in [-0.3, -0.25) is 0 Å². The summed E-state index contributed by atoms with van der Waals surface area (Å²) in [5.41, 5.74) is 0.866. The minimum Gasteiger partial charge on any atom is -0.382 e. The molecule has 1 fully saturated rings. The van der Waals surface area contributed by atoms with E-state index in [0.29, 0.717) is 12.1 Å². The first-order valence-electron chi connectivity index (χ1n) is 5.22. The molecule has 0 bridgehead atoms. The standard InChI is InChI=1S/C12H13FN2O/c1-16-11-5-10(6-11)15-9-2-3-12(13)8(4-9)7-14/h2-4,10-11,15H,5-6H2,1H3. The summed E-state index contributed by atoms with van der Waals surface area (Å²) in [5, 5.41) is 11.9. The molecule has 2 rings (SSSR count). The Labute approximate surface area is 93.8 Å². The van der Waals surface area contributed by atoms with Gasteiger partial charge in [-0.2, -0.15) is 5.26 Å². The van der Waals surface area contributed by atoms with Gasteiger partial charge in [0.15, 0.2) is 0 Å². The molecule has 0 aliphatic heterocycles. The largest absolute Gasteiger partial charge is 0.382 e. The third kappa shape index (κ3) is 2.15. The Morgan fingerprint density at radius 2 is 2.25 bits per heavy atom. The first kappa shape index (κ1) is 10.9. The Bertz CT molecular complexity index is 422. The number of rotatable bonds is 3. The summed E-state index contributed by atoms with van der Waals surface area (Å²) in [4.78, 5) is 0. The average Bonchev–Trinajstić information content (AvgIpc) is 2.25. The predicted octanol–water partition coefficient (Wildman–Crippen LogP) is 2.29. The van der Waals surface area contributed by atoms with E-state index in [0.717, 1.165) is 18.5 Å². The summed E-state index contributed by atoms with van der Waals surface area (Å²) < 4.78 is 18.2. The molecule has 84 valence electrons. The Balaban J connectivity index is 1.98. The second-order valence-corrected chi connectivity index (χ2v) is 3.98. The van der Waals surface area contributed by atoms with Crippen molar-refractivity contribution >= 4 is 5.69 Å². The van der Waals surface area contributed by atoms with Crippen LogP contribution in [0.5, 0.6) is 0 Å². The quantitative estimate of drug-likeness (QED) is 0.850. The van der Waals surface area contributed by atoms with Gasteiger partial charge in [0.05, 0.1) is 11.7 Å². The van der Waals surface area contributed by atoms with Gasteiger partial charge in [0.2, 0.25) is 0 Å². The molecule has 1 aromatic rings. The van der Waals surface area contributed by atoms with Crippen LogP contribution in [0.1, 0.15) is 18.4 Å². The number of nitriles is 1. The number of hydrogen-bond acceptors (Lipinski definition) is 3. The highest BCUT2D eigenvalue weighted by molar-refractivity contribution is 5.50. The smallest absolute Gasteiger partial charge is 0.141 e. The Morgan fingerprint density at radius 1 is 1.50 bits per heavy atom. The van der Waals surface area contributed by atoms with Crippen molar-refractivity contribution < 1.29 is 9.13 Å². The SMILES string of the molecule is COC1CC(Nc2ccc(F)c(C#N)c2)C1. The van der Waals surface area contributed by atoms with Gasteiger partial charge < -0.3 is 10.1 Å². The van der Waals surface area contributed by atoms with Gasteiger partial charge in [0.25, 0.3) is 0 Å². The number of benzene rings is 1. The molecule has 0 amide bonds. The Kier molecular flexibility index (Phi) is 3.07. The van der Waals surface area contributed by atoms with Crippen molar-refractivity contribution in [1.82, 2.24) is 0 Å². The van der Waals surface area contributed by atoms with Gasteiger partial charge in [-0.25, -0.2) is 4.39 Å². The zero-order chi connectivity index (χ0) is 11.5. The molecule has 0 unspecified atom stereocenters. The van der Waals surface area contributed by atoms with Gasteiger partial charge in [0.1, 0.15) is 11.9 Å². The average molecular weight is 220 g/mol. The summed E-state index contributed by atoms with van der Waals surface area (Å²) >= 11 is 0. The molecule has 1 aliphatic carbocycles. The molecule has 1 aromatic carbocycles. The summed E-state index contributed by atoms with van der Waals surface area (Å²) in [7, 11) is 1.70. The number of hydrogen-bond donors (Lipinski definition) is 1. The van der Waals surface area contributed by atoms with E-state index in [-0.39, 0.29) is 5.56 Å². The normalized spacial score (nSPS) is 23.3. The van der Waals surface area contributed by atoms with Crippen molar-refractivity contribution in [2.24, 2.45) is 0 Å². The molecule has 3 nitrogen and oxygen atoms in total. The maximum absolute atomic E-state index is 13.0. The molecule has 0 saturated heterocycles. The molecule has 1 aliphatic rings. The van der Waals surface area contributed by atoms with Crippen molar-refractivity contribution in [1.29, 1.82) is 5.26 Å². The van der Waals surface area contributed by atoms with Gasteiger partial charge in [0, 0.05) is 18.8 Å². The molecule has 0 atom stereocenters. The van der Waals surface area contributed by atoms with Crippen molar-refractivity contribution in [2.45, 2.75) is 25.0 Å². The van der Waals surface area contributed by atoms with Gasteiger partial charge in [-0.15, -0.1) is 0 Å². The molecule has 4 heteroatoms. The lowest BCUT2D eigenvalue weighted by molar-refractivity contribution is 0.0329. The lowest BCUT2D eigenvalue weighted by Crippen LogP contribution is -2.40. The maximum atomic E-state index is 13.0. The van der Waals surface area contributed by atoms with Crippen LogP contribution in [0.2, 0.25) is 0 Å².